The molecule has 0 heterocycles. The fourth-order valence-electron chi connectivity index (χ4n) is 5.17. The summed E-state index contributed by atoms with van der Waals surface area (Å²) in [4.78, 5) is 0. The van der Waals surface area contributed by atoms with Crippen LogP contribution in [0.4, 0.5) is 0 Å². The molecule has 0 saturated carbocycles. The van der Waals surface area contributed by atoms with E-state index in [-0.39, 0.29) is 0 Å². The van der Waals surface area contributed by atoms with Gasteiger partial charge in [-0.25, -0.2) is 14.1 Å². The molecule has 0 unspecified atom stereocenters. The zero-order valence-corrected chi connectivity index (χ0v) is 31.3. The average Bonchev–Trinajstić information content (AvgIpc) is 3.04. The standard InChI is InChI=1S/C10H21Cl3N3O2P.4C6H5.Sb/c1-5-15(6-2)19(18,16(7-3)8-4)14-9(17)10(11,12)13;4*1-2-4-6-5-3-1;/h5-8H2,1-4H3,(H,14,17,18);4*1-5H;/q;;;;;+1/p-1. The van der Waals surface area contributed by atoms with Crippen molar-refractivity contribution in [2.24, 2.45) is 4.76 Å². The predicted molar refractivity (Wildman–Crippen MR) is 191 cm³/mol. The van der Waals surface area contributed by atoms with Crippen LogP contribution in [0.1, 0.15) is 27.7 Å². The van der Waals surface area contributed by atoms with Crippen LogP contribution < -0.4 is 19.1 Å². The molecule has 0 aliphatic carbocycles. The van der Waals surface area contributed by atoms with Gasteiger partial charge in [0.1, 0.15) is 0 Å². The number of rotatable bonds is 11. The Hall–Kier alpha value is -1.81. The molecule has 0 atom stereocenters. The zero-order chi connectivity index (χ0) is 32.2. The minimum absolute atomic E-state index is 0.487. The van der Waals surface area contributed by atoms with Gasteiger partial charge in [0.2, 0.25) is 3.79 Å². The monoisotopic (exact) mass is 779 g/mol. The van der Waals surface area contributed by atoms with Crippen LogP contribution in [-0.2, 0) is 4.57 Å². The van der Waals surface area contributed by atoms with Gasteiger partial charge in [0.25, 0.3) is 0 Å². The van der Waals surface area contributed by atoms with Gasteiger partial charge in [0.15, 0.2) is 0 Å². The van der Waals surface area contributed by atoms with Crippen molar-refractivity contribution >= 4 is 81.1 Å². The van der Waals surface area contributed by atoms with E-state index in [4.69, 9.17) is 34.8 Å². The molecule has 0 saturated heterocycles. The second-order valence-corrected chi connectivity index (χ2v) is 24.1. The van der Waals surface area contributed by atoms with Crippen LogP contribution in [0, 0.1) is 0 Å². The quantitative estimate of drug-likeness (QED) is 0.0620. The molecule has 44 heavy (non-hydrogen) atoms. The molecule has 0 aromatic heterocycles. The first kappa shape index (κ1) is 36.7. The van der Waals surface area contributed by atoms with Crippen LogP contribution in [0.5, 0.6) is 0 Å². The van der Waals surface area contributed by atoms with E-state index in [0.29, 0.717) is 26.2 Å². The summed E-state index contributed by atoms with van der Waals surface area (Å²) in [6, 6.07) is 44.4. The molecule has 0 radical (unpaired) electrons. The van der Waals surface area contributed by atoms with Crippen molar-refractivity contribution in [3.8, 4) is 0 Å². The number of halogens is 3. The van der Waals surface area contributed by atoms with Gasteiger partial charge in [-0.1, -0.05) is 62.5 Å². The Morgan fingerprint density at radius 1 is 0.614 bits per heavy atom. The molecular formula is C34H40Cl3N3O2PSb. The summed E-state index contributed by atoms with van der Waals surface area (Å²) in [6.07, 6.45) is 0. The molecule has 10 heteroatoms. The van der Waals surface area contributed by atoms with Crippen LogP contribution in [0.25, 0.3) is 0 Å². The van der Waals surface area contributed by atoms with E-state index >= 15 is 0 Å². The summed E-state index contributed by atoms with van der Waals surface area (Å²) in [7, 11) is -3.40. The average molecular weight is 782 g/mol. The van der Waals surface area contributed by atoms with Crippen molar-refractivity contribution in [1.29, 1.82) is 0 Å². The Labute approximate surface area is 282 Å². The van der Waals surface area contributed by atoms with Crippen LogP contribution in [0.3, 0.4) is 0 Å². The Morgan fingerprint density at radius 2 is 0.864 bits per heavy atom. The molecule has 5 nitrogen and oxygen atoms in total. The van der Waals surface area contributed by atoms with Gasteiger partial charge in [-0.3, -0.25) is 4.57 Å². The summed E-state index contributed by atoms with van der Waals surface area (Å²) in [5, 5.41) is 11.8. The van der Waals surface area contributed by atoms with Crippen LogP contribution in [0.2, 0.25) is 0 Å². The molecule has 4 aromatic carbocycles. The summed E-state index contributed by atoms with van der Waals surface area (Å²) < 4.78 is 23.8. The third-order valence-electron chi connectivity index (χ3n) is 7.23. The van der Waals surface area contributed by atoms with Crippen LogP contribution >= 0.6 is 42.4 Å². The first-order chi connectivity index (χ1) is 21.1. The van der Waals surface area contributed by atoms with Crippen molar-refractivity contribution in [2.45, 2.75) is 31.5 Å². The van der Waals surface area contributed by atoms with Gasteiger partial charge in [0, 0.05) is 32.1 Å². The molecular weight excluding hydrogens is 741 g/mol. The van der Waals surface area contributed by atoms with E-state index in [1.807, 2.05) is 27.7 Å². The summed E-state index contributed by atoms with van der Waals surface area (Å²) in [5.74, 6) is -1.00. The van der Waals surface area contributed by atoms with Crippen molar-refractivity contribution < 1.29 is 9.67 Å². The Balaban J connectivity index is 0.000000252. The molecule has 0 bridgehead atoms. The molecule has 234 valence electrons. The molecule has 0 N–H and O–H groups in total. The van der Waals surface area contributed by atoms with E-state index in [2.05, 4.69) is 126 Å². The minimum atomic E-state index is -3.40. The second-order valence-electron chi connectivity index (χ2n) is 9.71. The zero-order valence-electron chi connectivity index (χ0n) is 25.6. The molecule has 4 aromatic rings. The third-order valence-corrected chi connectivity index (χ3v) is 23.0. The fourth-order valence-corrected chi connectivity index (χ4v) is 20.1. The van der Waals surface area contributed by atoms with E-state index < -0.39 is 36.1 Å². The van der Waals surface area contributed by atoms with Crippen LogP contribution in [0.15, 0.2) is 126 Å². The number of hydrogen-bond acceptors (Lipinski definition) is 2. The van der Waals surface area contributed by atoms with Crippen LogP contribution in [-0.4, -0.2) is 64.0 Å². The third kappa shape index (κ3) is 8.50. The first-order valence-corrected chi connectivity index (χ1v) is 22.5. The first-order valence-electron chi connectivity index (χ1n) is 14.7. The van der Waals surface area contributed by atoms with Crippen molar-refractivity contribution in [2.75, 3.05) is 26.2 Å². The number of alkyl halides is 3. The fraction of sp³-hybridized carbons (Fsp3) is 0.265. The number of hydrogen-bond donors (Lipinski definition) is 0. The van der Waals surface area contributed by atoms with Gasteiger partial charge in [-0.2, -0.15) is 0 Å². The second kappa shape index (κ2) is 17.2. The molecule has 4 rings (SSSR count). The van der Waals surface area contributed by atoms with Crippen molar-refractivity contribution in [3.05, 3.63) is 121 Å². The summed E-state index contributed by atoms with van der Waals surface area (Å²) >= 11 is 13.3. The SMILES string of the molecule is CCN(CC)P(=O)(/N=C(\[O-])C(Cl)(Cl)Cl)N(CC)CC.c1cc[c]([Sb+]([c]2ccccc2)([c]2ccccc2)[c]2ccccc2)cc1. The Bertz CT molecular complexity index is 1300. The summed E-state index contributed by atoms with van der Waals surface area (Å²) in [6.45, 7) is 9.32. The number of nitrogens with zero attached hydrogens (tertiary/aromatic N) is 3. The maximum atomic E-state index is 13.1. The van der Waals surface area contributed by atoms with Gasteiger partial charge in [-0.15, -0.1) is 0 Å². The Morgan fingerprint density at radius 3 is 1.07 bits per heavy atom. The van der Waals surface area contributed by atoms with Crippen molar-refractivity contribution in [3.63, 3.8) is 0 Å². The normalized spacial score (nSPS) is 12.6. The predicted octanol–water partition coefficient (Wildman–Crippen LogP) is 5.97. The van der Waals surface area contributed by atoms with Gasteiger partial charge in [0.05, 0.1) is 0 Å². The molecule has 0 amide bonds. The van der Waals surface area contributed by atoms with E-state index in [1.165, 1.54) is 14.0 Å². The van der Waals surface area contributed by atoms with E-state index in [1.54, 1.807) is 9.34 Å². The van der Waals surface area contributed by atoms with Crippen molar-refractivity contribution in [1.82, 2.24) is 9.34 Å². The number of benzene rings is 4. The van der Waals surface area contributed by atoms with Gasteiger partial charge in [-0.05, 0) is 0 Å². The van der Waals surface area contributed by atoms with Gasteiger partial charge >= 0.3 is 162 Å². The molecule has 0 fully saturated rings. The Kier molecular flexibility index (Phi) is 14.3. The summed E-state index contributed by atoms with van der Waals surface area (Å²) in [5.41, 5.74) is 0. The van der Waals surface area contributed by atoms with E-state index in [0.717, 1.165) is 0 Å². The van der Waals surface area contributed by atoms with Gasteiger partial charge < -0.3 is 5.11 Å². The molecule has 0 aliphatic heterocycles. The topological polar surface area (TPSA) is 59.0 Å². The maximum absolute atomic E-state index is 13.1. The van der Waals surface area contributed by atoms with E-state index in [9.17, 15) is 9.67 Å². The molecule has 0 aliphatic rings. The molecule has 0 spiro atoms.